The number of hydrogen-bond acceptors (Lipinski definition) is 2. The van der Waals surface area contributed by atoms with Gasteiger partial charge >= 0.3 is 0 Å². The Morgan fingerprint density at radius 1 is 1.62 bits per heavy atom. The van der Waals surface area contributed by atoms with E-state index >= 15 is 0 Å². The van der Waals surface area contributed by atoms with E-state index in [1.54, 1.807) is 6.20 Å². The molecule has 2 rings (SSSR count). The Kier molecular flexibility index (Phi) is 1.88. The second-order valence-corrected chi connectivity index (χ2v) is 4.17. The van der Waals surface area contributed by atoms with E-state index in [-0.39, 0.29) is 12.0 Å². The van der Waals surface area contributed by atoms with Gasteiger partial charge in [-0.1, -0.05) is 26.0 Å². The van der Waals surface area contributed by atoms with Crippen molar-refractivity contribution in [2.75, 3.05) is 6.61 Å². The van der Waals surface area contributed by atoms with E-state index in [0.717, 1.165) is 5.57 Å². The first-order chi connectivity index (χ1) is 6.18. The molecule has 2 aliphatic rings. The number of nitrogens with zero attached hydrogens (tertiary/aromatic N) is 1. The van der Waals surface area contributed by atoms with E-state index in [1.807, 2.05) is 12.3 Å². The number of fused-ring (bicyclic) bond motifs is 1. The molecule has 0 bridgehead atoms. The second kappa shape index (κ2) is 2.81. The Bertz CT molecular complexity index is 303. The van der Waals surface area contributed by atoms with E-state index in [4.69, 9.17) is 5.11 Å². The Labute approximate surface area is 78.7 Å². The highest BCUT2D eigenvalue weighted by molar-refractivity contribution is 5.69. The Balaban J connectivity index is 2.26. The summed E-state index contributed by atoms with van der Waals surface area (Å²) in [6, 6.07) is 0. The third kappa shape index (κ3) is 1.25. The average molecular weight is 177 g/mol. The van der Waals surface area contributed by atoms with E-state index in [0.29, 0.717) is 11.8 Å². The standard InChI is InChI=1S/C11H15NO/c1-8-10-6-12-5-9(7-13)3-4-11(8,10)2/h3-6,8,10,13H,7H2,1-2H3/b4-3+,9-5+,12-6-/t8?,10?,11-/m1/s1. The van der Waals surface area contributed by atoms with Gasteiger partial charge in [0.05, 0.1) is 6.61 Å². The van der Waals surface area contributed by atoms with Crippen LogP contribution in [0, 0.1) is 17.3 Å². The molecule has 70 valence electrons. The van der Waals surface area contributed by atoms with Crippen molar-refractivity contribution >= 4 is 6.21 Å². The second-order valence-electron chi connectivity index (χ2n) is 4.17. The van der Waals surface area contributed by atoms with Crippen LogP contribution in [0.4, 0.5) is 0 Å². The summed E-state index contributed by atoms with van der Waals surface area (Å²) in [7, 11) is 0. The Hall–Kier alpha value is -0.890. The molecule has 0 spiro atoms. The number of aliphatic hydroxyl groups is 1. The molecule has 0 aromatic heterocycles. The molecule has 0 radical (unpaired) electrons. The fourth-order valence-electron chi connectivity index (χ4n) is 2.00. The molecule has 1 saturated carbocycles. The van der Waals surface area contributed by atoms with E-state index in [1.165, 1.54) is 0 Å². The van der Waals surface area contributed by atoms with Crippen molar-refractivity contribution in [3.8, 4) is 0 Å². The lowest BCUT2D eigenvalue weighted by Crippen LogP contribution is -1.97. The number of allylic oxidation sites excluding steroid dienone is 1. The molecule has 1 aliphatic heterocycles. The van der Waals surface area contributed by atoms with Crippen LogP contribution in [0.25, 0.3) is 0 Å². The molecular formula is C11H15NO. The van der Waals surface area contributed by atoms with Gasteiger partial charge < -0.3 is 5.11 Å². The summed E-state index contributed by atoms with van der Waals surface area (Å²) in [6.07, 6.45) is 7.94. The first-order valence-electron chi connectivity index (χ1n) is 4.71. The van der Waals surface area contributed by atoms with Crippen LogP contribution in [-0.4, -0.2) is 17.9 Å². The first kappa shape index (κ1) is 8.70. The van der Waals surface area contributed by atoms with E-state index in [9.17, 15) is 0 Å². The molecule has 0 saturated heterocycles. The molecule has 1 heterocycles. The van der Waals surface area contributed by atoms with Gasteiger partial charge in [-0.2, -0.15) is 0 Å². The molecule has 2 unspecified atom stereocenters. The Morgan fingerprint density at radius 2 is 2.38 bits per heavy atom. The van der Waals surface area contributed by atoms with Crippen LogP contribution in [0.3, 0.4) is 0 Å². The van der Waals surface area contributed by atoms with Gasteiger partial charge in [-0.05, 0) is 16.9 Å². The lowest BCUT2D eigenvalue weighted by molar-refractivity contribution is 0.334. The zero-order valence-corrected chi connectivity index (χ0v) is 8.07. The van der Waals surface area contributed by atoms with Crippen LogP contribution in [0.2, 0.25) is 0 Å². The van der Waals surface area contributed by atoms with Crippen molar-refractivity contribution in [1.82, 2.24) is 0 Å². The maximum Gasteiger partial charge on any atom is 0.0696 e. The predicted molar refractivity (Wildman–Crippen MR) is 53.6 cm³/mol. The quantitative estimate of drug-likeness (QED) is 0.650. The minimum Gasteiger partial charge on any atom is -0.392 e. The lowest BCUT2D eigenvalue weighted by Gasteiger charge is -2.04. The van der Waals surface area contributed by atoms with Crippen LogP contribution in [0.15, 0.2) is 28.9 Å². The molecule has 0 amide bonds. The largest absolute Gasteiger partial charge is 0.392 e. The summed E-state index contributed by atoms with van der Waals surface area (Å²) in [6.45, 7) is 4.55. The monoisotopic (exact) mass is 177 g/mol. The van der Waals surface area contributed by atoms with E-state index in [2.05, 4.69) is 24.9 Å². The smallest absolute Gasteiger partial charge is 0.0696 e. The lowest BCUT2D eigenvalue weighted by atomic mass is 10.0. The van der Waals surface area contributed by atoms with Crippen LogP contribution in [0.1, 0.15) is 13.8 Å². The maximum absolute atomic E-state index is 8.96. The molecule has 1 N–H and O–H groups in total. The summed E-state index contributed by atoms with van der Waals surface area (Å²) in [5.74, 6) is 1.26. The molecule has 3 atom stereocenters. The number of aliphatic imine (C=N–C) groups is 1. The van der Waals surface area contributed by atoms with Gasteiger partial charge in [-0.25, -0.2) is 0 Å². The van der Waals surface area contributed by atoms with Crippen molar-refractivity contribution < 1.29 is 5.11 Å². The van der Waals surface area contributed by atoms with Gasteiger partial charge in [0.1, 0.15) is 0 Å². The molecular weight excluding hydrogens is 162 g/mol. The number of rotatable bonds is 1. The van der Waals surface area contributed by atoms with Crippen molar-refractivity contribution in [2.24, 2.45) is 22.2 Å². The minimum atomic E-state index is 0.0724. The molecule has 1 aliphatic carbocycles. The molecule has 0 aromatic rings. The predicted octanol–water partition coefficient (Wildman–Crippen LogP) is 1.78. The molecule has 2 heteroatoms. The highest BCUT2D eigenvalue weighted by atomic mass is 16.3. The summed E-state index contributed by atoms with van der Waals surface area (Å²) >= 11 is 0. The van der Waals surface area contributed by atoms with Crippen LogP contribution in [0.5, 0.6) is 0 Å². The fourth-order valence-corrected chi connectivity index (χ4v) is 2.00. The highest BCUT2D eigenvalue weighted by Gasteiger charge is 2.55. The van der Waals surface area contributed by atoms with Crippen molar-refractivity contribution in [3.05, 3.63) is 23.9 Å². The normalized spacial score (nSPS) is 50.8. The third-order valence-corrected chi connectivity index (χ3v) is 3.46. The van der Waals surface area contributed by atoms with Gasteiger partial charge in [-0.3, -0.25) is 4.99 Å². The summed E-state index contributed by atoms with van der Waals surface area (Å²) in [4.78, 5) is 4.20. The maximum atomic E-state index is 8.96. The summed E-state index contributed by atoms with van der Waals surface area (Å²) in [5, 5.41) is 8.96. The molecule has 0 aromatic carbocycles. The molecule has 1 fully saturated rings. The molecule has 2 nitrogen and oxygen atoms in total. The topological polar surface area (TPSA) is 32.6 Å². The van der Waals surface area contributed by atoms with Crippen LogP contribution >= 0.6 is 0 Å². The third-order valence-electron chi connectivity index (χ3n) is 3.46. The zero-order chi connectivity index (χ0) is 9.47. The van der Waals surface area contributed by atoms with Gasteiger partial charge in [0.2, 0.25) is 0 Å². The minimum absolute atomic E-state index is 0.0724. The van der Waals surface area contributed by atoms with Crippen molar-refractivity contribution in [3.63, 3.8) is 0 Å². The van der Waals surface area contributed by atoms with Crippen molar-refractivity contribution in [1.29, 1.82) is 0 Å². The number of hydrogen-bond donors (Lipinski definition) is 1. The summed E-state index contributed by atoms with van der Waals surface area (Å²) < 4.78 is 0. The van der Waals surface area contributed by atoms with Gasteiger partial charge in [-0.15, -0.1) is 0 Å². The van der Waals surface area contributed by atoms with E-state index < -0.39 is 0 Å². The number of aliphatic hydroxyl groups excluding tert-OH is 1. The van der Waals surface area contributed by atoms with Gasteiger partial charge in [0.25, 0.3) is 0 Å². The molecule has 13 heavy (non-hydrogen) atoms. The van der Waals surface area contributed by atoms with Crippen LogP contribution < -0.4 is 0 Å². The van der Waals surface area contributed by atoms with Gasteiger partial charge in [0, 0.05) is 18.3 Å². The fraction of sp³-hybridized carbons (Fsp3) is 0.545. The van der Waals surface area contributed by atoms with Crippen molar-refractivity contribution in [2.45, 2.75) is 13.8 Å². The zero-order valence-electron chi connectivity index (χ0n) is 8.07. The van der Waals surface area contributed by atoms with Gasteiger partial charge in [0.15, 0.2) is 0 Å². The SMILES string of the molecule is CC1C2\C=N/C=C(CO)\C=C\[C@]12C. The Morgan fingerprint density at radius 3 is 3.08 bits per heavy atom. The average Bonchev–Trinajstić information content (AvgIpc) is 2.58. The summed E-state index contributed by atoms with van der Waals surface area (Å²) in [5.41, 5.74) is 1.16. The van der Waals surface area contributed by atoms with Crippen LogP contribution in [-0.2, 0) is 0 Å². The first-order valence-corrected chi connectivity index (χ1v) is 4.71. The highest BCUT2D eigenvalue weighted by Crippen LogP contribution is 2.58.